The molecule has 4 nitrogen and oxygen atoms in total. The molecule has 5 heteroatoms. The van der Waals surface area contributed by atoms with E-state index < -0.39 is 10.0 Å². The summed E-state index contributed by atoms with van der Waals surface area (Å²) in [5.74, 6) is 0.990. The molecule has 0 amide bonds. The summed E-state index contributed by atoms with van der Waals surface area (Å²) in [4.78, 5) is 2.91. The first-order valence-corrected chi connectivity index (χ1v) is 14.4. The van der Waals surface area contributed by atoms with E-state index in [-0.39, 0.29) is 0 Å². The predicted octanol–water partition coefficient (Wildman–Crippen LogP) is 5.97. The number of benzene rings is 3. The van der Waals surface area contributed by atoms with Crippen molar-refractivity contribution in [2.24, 2.45) is 0 Å². The van der Waals surface area contributed by atoms with Crippen LogP contribution in [0.15, 0.2) is 89.8 Å². The minimum absolute atomic E-state index is 0.325. The van der Waals surface area contributed by atoms with Crippen LogP contribution in [0.5, 0.6) is 0 Å². The smallest absolute Gasteiger partial charge is 0.240 e. The van der Waals surface area contributed by atoms with Crippen molar-refractivity contribution < 1.29 is 8.42 Å². The second-order valence-corrected chi connectivity index (χ2v) is 11.4. The summed E-state index contributed by atoms with van der Waals surface area (Å²) < 4.78 is 28.2. The molecule has 1 unspecified atom stereocenters. The van der Waals surface area contributed by atoms with Crippen LogP contribution in [-0.4, -0.2) is 39.5 Å². The number of rotatable bonds is 11. The Labute approximate surface area is 211 Å². The lowest BCUT2D eigenvalue weighted by Crippen LogP contribution is -2.34. The van der Waals surface area contributed by atoms with Gasteiger partial charge in [0.1, 0.15) is 0 Å². The summed E-state index contributed by atoms with van der Waals surface area (Å²) in [6.07, 6.45) is 5.25. The molecular weight excluding hydrogens is 452 g/mol. The van der Waals surface area contributed by atoms with Gasteiger partial charge in [-0.15, -0.1) is 0 Å². The Hall–Kier alpha value is -2.47. The summed E-state index contributed by atoms with van der Waals surface area (Å²) in [6, 6.07) is 28.3. The fourth-order valence-electron chi connectivity index (χ4n) is 5.15. The quantitative estimate of drug-likeness (QED) is 0.360. The van der Waals surface area contributed by atoms with E-state index in [0.717, 1.165) is 38.9 Å². The molecule has 1 aliphatic rings. The lowest BCUT2D eigenvalue weighted by Gasteiger charge is -2.33. The van der Waals surface area contributed by atoms with Gasteiger partial charge in [-0.05, 0) is 92.4 Å². The number of nitrogens with zero attached hydrogens (tertiary/aromatic N) is 1. The van der Waals surface area contributed by atoms with Gasteiger partial charge < -0.3 is 4.90 Å². The van der Waals surface area contributed by atoms with E-state index in [1.807, 2.05) is 6.07 Å². The van der Waals surface area contributed by atoms with Crippen molar-refractivity contribution in [3.8, 4) is 0 Å². The van der Waals surface area contributed by atoms with Gasteiger partial charge in [0.05, 0.1) is 4.90 Å². The van der Waals surface area contributed by atoms with Crippen LogP contribution in [0.25, 0.3) is 0 Å². The Morgan fingerprint density at radius 2 is 1.57 bits per heavy atom. The maximum Gasteiger partial charge on any atom is 0.240 e. The molecule has 0 radical (unpaired) electrons. The second kappa shape index (κ2) is 12.5. The normalized spacial score (nSPS) is 16.3. The van der Waals surface area contributed by atoms with Crippen molar-refractivity contribution in [3.05, 3.63) is 102 Å². The van der Waals surface area contributed by atoms with Gasteiger partial charge in [-0.2, -0.15) is 0 Å². The van der Waals surface area contributed by atoms with Gasteiger partial charge in [0, 0.05) is 6.54 Å². The Balaban J connectivity index is 1.35. The third-order valence-corrected chi connectivity index (χ3v) is 8.80. The van der Waals surface area contributed by atoms with Crippen LogP contribution < -0.4 is 4.72 Å². The Bertz CT molecular complexity index is 1140. The topological polar surface area (TPSA) is 49.4 Å². The van der Waals surface area contributed by atoms with Crippen LogP contribution in [0.4, 0.5) is 0 Å². The van der Waals surface area contributed by atoms with Gasteiger partial charge in [0.15, 0.2) is 0 Å². The van der Waals surface area contributed by atoms with Crippen LogP contribution in [0.1, 0.15) is 61.1 Å². The van der Waals surface area contributed by atoms with Crippen LogP contribution >= 0.6 is 0 Å². The SMILES string of the molecule is CCc1cccc(C(CCNS(=O)(=O)c2ccccc2)CCN2CCC(c3ccccc3)CC2)c1. The molecule has 0 spiro atoms. The first kappa shape index (κ1) is 25.6. The molecule has 1 N–H and O–H groups in total. The minimum Gasteiger partial charge on any atom is -0.303 e. The van der Waals surface area contributed by atoms with Crippen molar-refractivity contribution in [1.82, 2.24) is 9.62 Å². The number of nitrogens with one attached hydrogen (secondary N) is 1. The van der Waals surface area contributed by atoms with Crippen molar-refractivity contribution in [1.29, 1.82) is 0 Å². The lowest BCUT2D eigenvalue weighted by atomic mass is 9.88. The second-order valence-electron chi connectivity index (χ2n) is 9.61. The first-order chi connectivity index (χ1) is 17.0. The highest BCUT2D eigenvalue weighted by Gasteiger charge is 2.22. The summed E-state index contributed by atoms with van der Waals surface area (Å²) in [5, 5.41) is 0. The maximum absolute atomic E-state index is 12.7. The molecule has 0 bridgehead atoms. The predicted molar refractivity (Wildman–Crippen MR) is 144 cm³/mol. The molecule has 1 fully saturated rings. The number of piperidine rings is 1. The van der Waals surface area contributed by atoms with Gasteiger partial charge in [-0.3, -0.25) is 0 Å². The molecule has 4 rings (SSSR count). The Kier molecular flexibility index (Phi) is 9.13. The standard InChI is InChI=1S/C30H38N2O2S/c1-2-25-10-9-13-29(24-25)27(16-20-31-35(33,34)30-14-7-4-8-15-30)17-21-32-22-18-28(19-23-32)26-11-5-3-6-12-26/h3-15,24,27-28,31H,2,16-23H2,1H3. The third-order valence-electron chi connectivity index (χ3n) is 7.32. The van der Waals surface area contributed by atoms with E-state index in [2.05, 4.69) is 71.1 Å². The molecule has 1 atom stereocenters. The van der Waals surface area contributed by atoms with Crippen LogP contribution in [-0.2, 0) is 16.4 Å². The number of hydrogen-bond donors (Lipinski definition) is 1. The summed E-state index contributed by atoms with van der Waals surface area (Å²) >= 11 is 0. The zero-order valence-electron chi connectivity index (χ0n) is 20.8. The zero-order chi connectivity index (χ0) is 24.5. The average molecular weight is 491 g/mol. The van der Waals surface area contributed by atoms with E-state index in [1.165, 1.54) is 29.5 Å². The molecule has 0 saturated carbocycles. The van der Waals surface area contributed by atoms with Crippen LogP contribution in [0.3, 0.4) is 0 Å². The maximum atomic E-state index is 12.7. The fraction of sp³-hybridized carbons (Fsp3) is 0.400. The Morgan fingerprint density at radius 3 is 2.26 bits per heavy atom. The first-order valence-electron chi connectivity index (χ1n) is 13.0. The van der Waals surface area contributed by atoms with Crippen molar-refractivity contribution in [2.45, 2.75) is 55.8 Å². The highest BCUT2D eigenvalue weighted by molar-refractivity contribution is 7.89. The fourth-order valence-corrected chi connectivity index (χ4v) is 6.22. The number of sulfonamides is 1. The average Bonchev–Trinajstić information content (AvgIpc) is 2.92. The minimum atomic E-state index is -3.48. The number of hydrogen-bond acceptors (Lipinski definition) is 3. The molecule has 3 aromatic carbocycles. The largest absolute Gasteiger partial charge is 0.303 e. The molecule has 186 valence electrons. The lowest BCUT2D eigenvalue weighted by molar-refractivity contribution is 0.204. The van der Waals surface area contributed by atoms with Gasteiger partial charge in [0.2, 0.25) is 10.0 Å². The molecule has 0 aliphatic carbocycles. The van der Waals surface area contributed by atoms with Gasteiger partial charge in [-0.1, -0.05) is 79.7 Å². The van der Waals surface area contributed by atoms with Gasteiger partial charge in [-0.25, -0.2) is 13.1 Å². The molecule has 0 aromatic heterocycles. The van der Waals surface area contributed by atoms with E-state index in [4.69, 9.17) is 0 Å². The third kappa shape index (κ3) is 7.26. The van der Waals surface area contributed by atoms with E-state index >= 15 is 0 Å². The van der Waals surface area contributed by atoms with Crippen molar-refractivity contribution in [2.75, 3.05) is 26.2 Å². The zero-order valence-corrected chi connectivity index (χ0v) is 21.6. The molecule has 1 heterocycles. The van der Waals surface area contributed by atoms with E-state index in [9.17, 15) is 8.42 Å². The van der Waals surface area contributed by atoms with E-state index in [1.54, 1.807) is 24.3 Å². The van der Waals surface area contributed by atoms with Crippen molar-refractivity contribution in [3.63, 3.8) is 0 Å². The Morgan fingerprint density at radius 1 is 0.886 bits per heavy atom. The summed E-state index contributed by atoms with van der Waals surface area (Å²) in [5.41, 5.74) is 4.12. The van der Waals surface area contributed by atoms with Crippen LogP contribution in [0.2, 0.25) is 0 Å². The van der Waals surface area contributed by atoms with Gasteiger partial charge in [0.25, 0.3) is 0 Å². The highest BCUT2D eigenvalue weighted by Crippen LogP contribution is 2.30. The monoisotopic (exact) mass is 490 g/mol. The number of aryl methyl sites for hydroxylation is 1. The number of likely N-dealkylation sites (tertiary alicyclic amines) is 1. The van der Waals surface area contributed by atoms with E-state index in [0.29, 0.717) is 23.3 Å². The molecular formula is C30H38N2O2S. The molecule has 3 aromatic rings. The van der Waals surface area contributed by atoms with Gasteiger partial charge >= 0.3 is 0 Å². The molecule has 1 aliphatic heterocycles. The molecule has 1 saturated heterocycles. The van der Waals surface area contributed by atoms with Crippen LogP contribution in [0, 0.1) is 0 Å². The van der Waals surface area contributed by atoms with Crippen molar-refractivity contribution >= 4 is 10.0 Å². The molecule has 35 heavy (non-hydrogen) atoms. The summed E-state index contributed by atoms with van der Waals surface area (Å²) in [7, 11) is -3.48. The summed E-state index contributed by atoms with van der Waals surface area (Å²) in [6.45, 7) is 5.92. The highest BCUT2D eigenvalue weighted by atomic mass is 32.2.